The van der Waals surface area contributed by atoms with Crippen molar-refractivity contribution in [1.29, 1.82) is 0 Å². The molecule has 0 saturated heterocycles. The molecule has 0 aliphatic heterocycles. The van der Waals surface area contributed by atoms with E-state index < -0.39 is 5.91 Å². The molecule has 0 radical (unpaired) electrons. The summed E-state index contributed by atoms with van der Waals surface area (Å²) in [5.74, 6) is -0.407. The van der Waals surface area contributed by atoms with Gasteiger partial charge in [-0.2, -0.15) is 5.10 Å². The fraction of sp³-hybridized carbons (Fsp3) is 0.0588. The largest absolute Gasteiger partial charge is 0.296 e. The van der Waals surface area contributed by atoms with E-state index in [1.54, 1.807) is 35.6 Å². The Morgan fingerprint density at radius 2 is 1.96 bits per heavy atom. The molecule has 25 heavy (non-hydrogen) atoms. The second-order valence-corrected chi connectivity index (χ2v) is 7.50. The fourth-order valence-electron chi connectivity index (χ4n) is 2.46. The Labute approximate surface area is 150 Å². The quantitative estimate of drug-likeness (QED) is 0.577. The summed E-state index contributed by atoms with van der Waals surface area (Å²) >= 11 is 3.00. The first-order valence-electron chi connectivity index (χ1n) is 7.43. The normalized spacial score (nSPS) is 10.9. The smallest absolute Gasteiger partial charge is 0.278 e. The zero-order valence-corrected chi connectivity index (χ0v) is 14.7. The molecule has 1 amide bonds. The number of aryl methyl sites for hydroxylation is 1. The van der Waals surface area contributed by atoms with Crippen LogP contribution in [0.25, 0.3) is 21.3 Å². The summed E-state index contributed by atoms with van der Waals surface area (Å²) in [6.07, 6.45) is 0. The van der Waals surface area contributed by atoms with Gasteiger partial charge in [0.15, 0.2) is 10.8 Å². The maximum Gasteiger partial charge on any atom is 0.278 e. The Morgan fingerprint density at radius 3 is 2.72 bits per heavy atom. The topological polar surface area (TPSA) is 87.7 Å². The number of nitrogens with one attached hydrogen (secondary N) is 2. The van der Waals surface area contributed by atoms with Gasteiger partial charge in [0.25, 0.3) is 11.5 Å². The average molecular weight is 368 g/mol. The Kier molecular flexibility index (Phi) is 3.90. The highest BCUT2D eigenvalue weighted by atomic mass is 32.1. The molecule has 2 N–H and O–H groups in total. The molecule has 0 aliphatic rings. The third-order valence-electron chi connectivity index (χ3n) is 3.63. The number of amides is 1. The summed E-state index contributed by atoms with van der Waals surface area (Å²) in [6.45, 7) is 2.04. The van der Waals surface area contributed by atoms with E-state index in [4.69, 9.17) is 0 Å². The third-order valence-corrected chi connectivity index (χ3v) is 5.41. The van der Waals surface area contributed by atoms with Gasteiger partial charge in [0.1, 0.15) is 0 Å². The highest BCUT2D eigenvalue weighted by molar-refractivity contribution is 7.17. The van der Waals surface area contributed by atoms with Crippen molar-refractivity contribution in [3.8, 4) is 10.6 Å². The number of benzene rings is 1. The number of fused-ring (bicyclic) bond motifs is 1. The van der Waals surface area contributed by atoms with E-state index in [1.165, 1.54) is 16.2 Å². The first-order chi connectivity index (χ1) is 12.1. The van der Waals surface area contributed by atoms with Gasteiger partial charge in [-0.1, -0.05) is 18.2 Å². The maximum absolute atomic E-state index is 12.6. The number of aromatic amines is 1. The van der Waals surface area contributed by atoms with Crippen molar-refractivity contribution in [3.05, 3.63) is 62.7 Å². The van der Waals surface area contributed by atoms with E-state index in [9.17, 15) is 9.59 Å². The van der Waals surface area contributed by atoms with Crippen LogP contribution in [-0.4, -0.2) is 21.1 Å². The molecular formula is C17H12N4O2S2. The predicted octanol–water partition coefficient (Wildman–Crippen LogP) is 3.67. The second kappa shape index (κ2) is 6.23. The van der Waals surface area contributed by atoms with Gasteiger partial charge in [0.2, 0.25) is 0 Å². The number of hydrogen-bond donors (Lipinski definition) is 2. The van der Waals surface area contributed by atoms with Gasteiger partial charge in [-0.3, -0.25) is 14.9 Å². The number of carbonyl (C=O) groups is 1. The van der Waals surface area contributed by atoms with Crippen LogP contribution in [0.2, 0.25) is 0 Å². The van der Waals surface area contributed by atoms with E-state index in [1.807, 2.05) is 24.4 Å². The lowest BCUT2D eigenvalue weighted by Gasteiger charge is -2.04. The van der Waals surface area contributed by atoms with Crippen molar-refractivity contribution < 1.29 is 4.79 Å². The summed E-state index contributed by atoms with van der Waals surface area (Å²) in [5, 5.41) is 12.3. The first-order valence-corrected chi connectivity index (χ1v) is 9.12. The Hall–Kier alpha value is -2.84. The maximum atomic E-state index is 12.6. The number of rotatable bonds is 3. The molecule has 0 unspecified atom stereocenters. The summed E-state index contributed by atoms with van der Waals surface area (Å²) in [7, 11) is 0. The molecule has 4 rings (SSSR count). The lowest BCUT2D eigenvalue weighted by atomic mass is 10.1. The molecular weight excluding hydrogens is 356 g/mol. The Bertz CT molecular complexity index is 1140. The van der Waals surface area contributed by atoms with Crippen LogP contribution < -0.4 is 10.9 Å². The first kappa shape index (κ1) is 15.7. The van der Waals surface area contributed by atoms with Crippen LogP contribution in [-0.2, 0) is 0 Å². The van der Waals surface area contributed by atoms with Gasteiger partial charge in [0.05, 0.1) is 16.0 Å². The van der Waals surface area contributed by atoms with Crippen molar-refractivity contribution in [1.82, 2.24) is 15.2 Å². The van der Waals surface area contributed by atoms with E-state index >= 15 is 0 Å². The van der Waals surface area contributed by atoms with Crippen molar-refractivity contribution in [2.45, 2.75) is 6.92 Å². The molecule has 124 valence electrons. The van der Waals surface area contributed by atoms with E-state index in [2.05, 4.69) is 20.5 Å². The lowest BCUT2D eigenvalue weighted by Crippen LogP contribution is -2.19. The van der Waals surface area contributed by atoms with Crippen LogP contribution in [0.4, 0.5) is 5.13 Å². The molecule has 6 nitrogen and oxygen atoms in total. The van der Waals surface area contributed by atoms with Gasteiger partial charge in [0, 0.05) is 15.6 Å². The van der Waals surface area contributed by atoms with Gasteiger partial charge in [-0.25, -0.2) is 10.1 Å². The SMILES string of the molecule is Cc1ccc(-c2csc(NC(=O)c3n[nH]c(=O)c4ccccc34)n2)s1. The Balaban J connectivity index is 1.64. The molecule has 3 heterocycles. The van der Waals surface area contributed by atoms with Crippen molar-refractivity contribution >= 4 is 44.5 Å². The third kappa shape index (κ3) is 2.97. The minimum absolute atomic E-state index is 0.166. The number of thiophene rings is 1. The number of nitrogens with zero attached hydrogens (tertiary/aromatic N) is 2. The van der Waals surface area contributed by atoms with Crippen LogP contribution in [0.5, 0.6) is 0 Å². The zero-order chi connectivity index (χ0) is 17.4. The van der Waals surface area contributed by atoms with Crippen LogP contribution >= 0.6 is 22.7 Å². The Morgan fingerprint density at radius 1 is 1.16 bits per heavy atom. The molecule has 1 aromatic carbocycles. The minimum atomic E-state index is -0.407. The van der Waals surface area contributed by atoms with E-state index in [-0.39, 0.29) is 11.3 Å². The molecule has 0 saturated carbocycles. The molecule has 8 heteroatoms. The molecule has 0 aliphatic carbocycles. The number of H-pyrrole nitrogens is 1. The minimum Gasteiger partial charge on any atom is -0.296 e. The number of carbonyl (C=O) groups excluding carboxylic acids is 1. The fourth-order valence-corrected chi connectivity index (χ4v) is 4.07. The monoisotopic (exact) mass is 368 g/mol. The van der Waals surface area contributed by atoms with Crippen LogP contribution in [0.15, 0.2) is 46.6 Å². The van der Waals surface area contributed by atoms with Crippen molar-refractivity contribution in [2.24, 2.45) is 0 Å². The van der Waals surface area contributed by atoms with E-state index in [0.29, 0.717) is 15.9 Å². The van der Waals surface area contributed by atoms with Crippen LogP contribution in [0.1, 0.15) is 15.4 Å². The molecule has 0 bridgehead atoms. The second-order valence-electron chi connectivity index (χ2n) is 5.35. The van der Waals surface area contributed by atoms with Crippen molar-refractivity contribution in [2.75, 3.05) is 5.32 Å². The number of anilines is 1. The summed E-state index contributed by atoms with van der Waals surface area (Å²) in [5.41, 5.74) is 0.674. The van der Waals surface area contributed by atoms with Gasteiger partial charge >= 0.3 is 0 Å². The molecule has 0 spiro atoms. The van der Waals surface area contributed by atoms with Crippen LogP contribution in [0, 0.1) is 6.92 Å². The highest BCUT2D eigenvalue weighted by Crippen LogP contribution is 2.30. The predicted molar refractivity (Wildman–Crippen MR) is 100 cm³/mol. The number of thiazole rings is 1. The number of aromatic nitrogens is 3. The van der Waals surface area contributed by atoms with Gasteiger partial charge in [-0.05, 0) is 25.1 Å². The molecule has 3 aromatic heterocycles. The zero-order valence-electron chi connectivity index (χ0n) is 13.1. The molecule has 4 aromatic rings. The van der Waals surface area contributed by atoms with Gasteiger partial charge in [-0.15, -0.1) is 22.7 Å². The summed E-state index contributed by atoms with van der Waals surface area (Å²) in [4.78, 5) is 31.1. The lowest BCUT2D eigenvalue weighted by molar-refractivity contribution is 0.102. The van der Waals surface area contributed by atoms with Crippen molar-refractivity contribution in [3.63, 3.8) is 0 Å². The molecule has 0 fully saturated rings. The van der Waals surface area contributed by atoms with Crippen LogP contribution in [0.3, 0.4) is 0 Å². The molecule has 0 atom stereocenters. The highest BCUT2D eigenvalue weighted by Gasteiger charge is 2.16. The summed E-state index contributed by atoms with van der Waals surface area (Å²) in [6, 6.07) is 10.9. The number of hydrogen-bond acceptors (Lipinski definition) is 6. The average Bonchev–Trinajstić information content (AvgIpc) is 3.24. The standard InChI is InChI=1S/C17H12N4O2S2/c1-9-6-7-13(25-9)12-8-24-17(18-12)19-16(23)14-10-4-2-3-5-11(10)15(22)21-20-14/h2-8H,1H3,(H,21,22)(H,18,19,23). The summed E-state index contributed by atoms with van der Waals surface area (Å²) < 4.78 is 0. The van der Waals surface area contributed by atoms with Gasteiger partial charge < -0.3 is 0 Å². The van der Waals surface area contributed by atoms with E-state index in [0.717, 1.165) is 10.6 Å².